The molecule has 5 nitrogen and oxygen atoms in total. The van der Waals surface area contributed by atoms with Gasteiger partial charge in [-0.1, -0.05) is 0 Å². The van der Waals surface area contributed by atoms with Gasteiger partial charge in [-0.05, 0) is 25.1 Å². The number of imidazole rings is 1. The number of halogens is 1. The lowest BCUT2D eigenvalue weighted by Gasteiger charge is -2.07. The Morgan fingerprint density at radius 2 is 2.16 bits per heavy atom. The van der Waals surface area contributed by atoms with E-state index in [1.54, 1.807) is 12.4 Å². The molecule has 0 aliphatic rings. The van der Waals surface area contributed by atoms with Crippen molar-refractivity contribution >= 4 is 33.7 Å². The van der Waals surface area contributed by atoms with Gasteiger partial charge in [0.05, 0.1) is 23.1 Å². The lowest BCUT2D eigenvalue weighted by molar-refractivity contribution is 0.646. The van der Waals surface area contributed by atoms with Crippen molar-refractivity contribution in [2.45, 2.75) is 18.8 Å². The number of rotatable bonds is 4. The molecule has 0 fully saturated rings. The predicted octanol–water partition coefficient (Wildman–Crippen LogP) is 2.07. The molecule has 0 bridgehead atoms. The number of hydrogen-bond donors (Lipinski definition) is 1. The van der Waals surface area contributed by atoms with Crippen molar-refractivity contribution in [2.75, 3.05) is 6.54 Å². The monoisotopic (exact) mass is 275 g/mol. The summed E-state index contributed by atoms with van der Waals surface area (Å²) in [6.07, 6.45) is 4.42. The number of aryl methyl sites for hydroxylation is 1. The Balaban J connectivity index is 2.32. The summed E-state index contributed by atoms with van der Waals surface area (Å²) in [6, 6.07) is 3.83. The van der Waals surface area contributed by atoms with E-state index in [9.17, 15) is 0 Å². The fourth-order valence-electron chi connectivity index (χ4n) is 2.27. The molecule has 3 aromatic rings. The minimum atomic E-state index is 0.369. The van der Waals surface area contributed by atoms with Crippen molar-refractivity contribution in [3.63, 3.8) is 0 Å². The maximum absolute atomic E-state index is 5.98. The van der Waals surface area contributed by atoms with Gasteiger partial charge in [0, 0.05) is 12.7 Å². The first-order valence-corrected chi connectivity index (χ1v) is 6.73. The summed E-state index contributed by atoms with van der Waals surface area (Å²) >= 11 is 5.98. The second kappa shape index (κ2) is 5.11. The highest BCUT2D eigenvalue weighted by Gasteiger charge is 2.13. The van der Waals surface area contributed by atoms with Crippen LogP contribution in [0, 0.1) is 0 Å². The molecule has 3 heterocycles. The van der Waals surface area contributed by atoms with Gasteiger partial charge in [0.15, 0.2) is 0 Å². The molecule has 0 aliphatic carbocycles. The van der Waals surface area contributed by atoms with Gasteiger partial charge in [-0.15, -0.1) is 11.6 Å². The van der Waals surface area contributed by atoms with E-state index in [-0.39, 0.29) is 0 Å². The molecule has 19 heavy (non-hydrogen) atoms. The fraction of sp³-hybridized carbons (Fsp3) is 0.308. The first-order chi connectivity index (χ1) is 9.35. The normalized spacial score (nSPS) is 11.5. The zero-order chi connectivity index (χ0) is 13.2. The number of aromatic nitrogens is 4. The van der Waals surface area contributed by atoms with E-state index in [0.717, 1.165) is 40.9 Å². The van der Waals surface area contributed by atoms with E-state index in [4.69, 9.17) is 17.3 Å². The predicted molar refractivity (Wildman–Crippen MR) is 76.1 cm³/mol. The van der Waals surface area contributed by atoms with Gasteiger partial charge in [-0.25, -0.2) is 4.98 Å². The van der Waals surface area contributed by atoms with Gasteiger partial charge < -0.3 is 10.3 Å². The number of hydrogen-bond acceptors (Lipinski definition) is 4. The van der Waals surface area contributed by atoms with Crippen LogP contribution in [0.5, 0.6) is 0 Å². The van der Waals surface area contributed by atoms with Gasteiger partial charge in [0.2, 0.25) is 0 Å². The van der Waals surface area contributed by atoms with Crippen molar-refractivity contribution < 1.29 is 0 Å². The van der Waals surface area contributed by atoms with Crippen LogP contribution in [0.4, 0.5) is 0 Å². The van der Waals surface area contributed by atoms with Crippen LogP contribution in [0.2, 0.25) is 0 Å². The third-order valence-electron chi connectivity index (χ3n) is 3.12. The molecule has 0 atom stereocenters. The van der Waals surface area contributed by atoms with Crippen molar-refractivity contribution in [1.29, 1.82) is 0 Å². The highest BCUT2D eigenvalue weighted by Crippen LogP contribution is 2.23. The second-order valence-electron chi connectivity index (χ2n) is 4.32. The van der Waals surface area contributed by atoms with Crippen LogP contribution in [0.25, 0.3) is 22.1 Å². The maximum Gasteiger partial charge on any atom is 0.124 e. The molecule has 0 spiro atoms. The average molecular weight is 276 g/mol. The molecule has 3 rings (SSSR count). The molecule has 6 heteroatoms. The van der Waals surface area contributed by atoms with E-state index in [1.807, 2.05) is 12.1 Å². The summed E-state index contributed by atoms with van der Waals surface area (Å²) in [7, 11) is 0. The standard InChI is InChI=1S/C13H14ClN5/c14-7-11-18-10-8-17-9-3-1-5-16-12(9)13(10)19(11)6-2-4-15/h1,3,5,8H,2,4,6-7,15H2. The van der Waals surface area contributed by atoms with E-state index < -0.39 is 0 Å². The first kappa shape index (κ1) is 12.3. The van der Waals surface area contributed by atoms with Crippen LogP contribution in [0.15, 0.2) is 24.5 Å². The molecule has 0 saturated carbocycles. The molecular formula is C13H14ClN5. The van der Waals surface area contributed by atoms with Crippen LogP contribution >= 0.6 is 11.6 Å². The molecule has 0 aliphatic heterocycles. The third-order valence-corrected chi connectivity index (χ3v) is 3.35. The van der Waals surface area contributed by atoms with Gasteiger partial charge in [0.1, 0.15) is 16.9 Å². The summed E-state index contributed by atoms with van der Waals surface area (Å²) in [6.45, 7) is 1.43. The molecule has 0 saturated heterocycles. The molecule has 2 N–H and O–H groups in total. The third kappa shape index (κ3) is 2.05. The summed E-state index contributed by atoms with van der Waals surface area (Å²) in [5.41, 5.74) is 9.15. The van der Waals surface area contributed by atoms with Gasteiger partial charge >= 0.3 is 0 Å². The second-order valence-corrected chi connectivity index (χ2v) is 4.59. The maximum atomic E-state index is 5.98. The highest BCUT2D eigenvalue weighted by atomic mass is 35.5. The molecular weight excluding hydrogens is 262 g/mol. The zero-order valence-corrected chi connectivity index (χ0v) is 11.1. The Morgan fingerprint density at radius 1 is 1.26 bits per heavy atom. The molecule has 98 valence electrons. The van der Waals surface area contributed by atoms with E-state index >= 15 is 0 Å². The highest BCUT2D eigenvalue weighted by molar-refractivity contribution is 6.17. The van der Waals surface area contributed by atoms with Crippen LogP contribution in [0.1, 0.15) is 12.2 Å². The van der Waals surface area contributed by atoms with Crippen molar-refractivity contribution in [2.24, 2.45) is 5.73 Å². The Hall–Kier alpha value is -1.72. The molecule has 0 aromatic carbocycles. The minimum absolute atomic E-state index is 0.369. The lowest BCUT2D eigenvalue weighted by atomic mass is 10.3. The summed E-state index contributed by atoms with van der Waals surface area (Å²) < 4.78 is 2.10. The fourth-order valence-corrected chi connectivity index (χ4v) is 2.47. The minimum Gasteiger partial charge on any atom is -0.330 e. The van der Waals surface area contributed by atoms with Gasteiger partial charge in [0.25, 0.3) is 0 Å². The van der Waals surface area contributed by atoms with E-state index in [2.05, 4.69) is 19.5 Å². The van der Waals surface area contributed by atoms with Crippen molar-refractivity contribution in [3.05, 3.63) is 30.4 Å². The molecule has 0 radical (unpaired) electrons. The largest absolute Gasteiger partial charge is 0.330 e. The van der Waals surface area contributed by atoms with Gasteiger partial charge in [-0.3, -0.25) is 9.97 Å². The number of pyridine rings is 2. The Kier molecular flexibility index (Phi) is 3.31. The smallest absolute Gasteiger partial charge is 0.124 e. The summed E-state index contributed by atoms with van der Waals surface area (Å²) in [5.74, 6) is 1.21. The van der Waals surface area contributed by atoms with Crippen LogP contribution < -0.4 is 5.73 Å². The zero-order valence-electron chi connectivity index (χ0n) is 10.4. The number of nitrogens with two attached hydrogens (primary N) is 1. The quantitative estimate of drug-likeness (QED) is 0.740. The average Bonchev–Trinajstić information content (AvgIpc) is 2.83. The van der Waals surface area contributed by atoms with Crippen LogP contribution in [-0.4, -0.2) is 26.1 Å². The van der Waals surface area contributed by atoms with Crippen molar-refractivity contribution in [1.82, 2.24) is 19.5 Å². The Morgan fingerprint density at radius 3 is 2.95 bits per heavy atom. The first-order valence-electron chi connectivity index (χ1n) is 6.20. The van der Waals surface area contributed by atoms with Crippen LogP contribution in [-0.2, 0) is 12.4 Å². The molecule has 0 unspecified atom stereocenters. The van der Waals surface area contributed by atoms with E-state index in [0.29, 0.717) is 12.4 Å². The van der Waals surface area contributed by atoms with Gasteiger partial charge in [-0.2, -0.15) is 0 Å². The Bertz CT molecular complexity index is 721. The van der Waals surface area contributed by atoms with E-state index in [1.165, 1.54) is 0 Å². The topological polar surface area (TPSA) is 69.6 Å². The molecule has 0 amide bonds. The Labute approximate surface area is 115 Å². The summed E-state index contributed by atoms with van der Waals surface area (Å²) in [5, 5.41) is 0. The van der Waals surface area contributed by atoms with Crippen molar-refractivity contribution in [3.8, 4) is 0 Å². The number of alkyl halides is 1. The molecule has 3 aromatic heterocycles. The number of nitrogens with zero attached hydrogens (tertiary/aromatic N) is 4. The van der Waals surface area contributed by atoms with Crippen LogP contribution in [0.3, 0.4) is 0 Å². The summed E-state index contributed by atoms with van der Waals surface area (Å²) in [4.78, 5) is 13.3. The SMILES string of the molecule is NCCCn1c(CCl)nc2cnc3cccnc3c21. The number of fused-ring (bicyclic) bond motifs is 3. The lowest BCUT2D eigenvalue weighted by Crippen LogP contribution is -2.08.